The standard InChI is InChI=1S/C12H17Cl2NO/c1-8(16-3)12(15-2)6-9-4-5-10(13)7-11(9)14/h4-5,7-8,12,15H,6H2,1-3H3. The number of rotatable bonds is 5. The number of methoxy groups -OCH3 is 1. The van der Waals surface area contributed by atoms with Crippen molar-refractivity contribution < 1.29 is 4.74 Å². The average molecular weight is 262 g/mol. The summed E-state index contributed by atoms with van der Waals surface area (Å²) in [5.41, 5.74) is 1.08. The van der Waals surface area contributed by atoms with Crippen LogP contribution in [0, 0.1) is 0 Å². The van der Waals surface area contributed by atoms with E-state index in [1.807, 2.05) is 26.1 Å². The van der Waals surface area contributed by atoms with Crippen molar-refractivity contribution in [3.05, 3.63) is 33.8 Å². The van der Waals surface area contributed by atoms with Gasteiger partial charge in [0.1, 0.15) is 0 Å². The first-order valence-electron chi connectivity index (χ1n) is 5.22. The molecule has 16 heavy (non-hydrogen) atoms. The highest BCUT2D eigenvalue weighted by atomic mass is 35.5. The number of ether oxygens (including phenoxy) is 1. The highest BCUT2D eigenvalue weighted by Gasteiger charge is 2.16. The quantitative estimate of drug-likeness (QED) is 0.880. The lowest BCUT2D eigenvalue weighted by atomic mass is 10.0. The molecule has 1 N–H and O–H groups in total. The lowest BCUT2D eigenvalue weighted by Crippen LogP contribution is -2.38. The predicted molar refractivity (Wildman–Crippen MR) is 69.5 cm³/mol. The Morgan fingerprint density at radius 3 is 2.56 bits per heavy atom. The molecule has 0 spiro atoms. The molecule has 0 heterocycles. The maximum atomic E-state index is 6.13. The lowest BCUT2D eigenvalue weighted by Gasteiger charge is -2.22. The van der Waals surface area contributed by atoms with E-state index in [0.29, 0.717) is 10.0 Å². The lowest BCUT2D eigenvalue weighted by molar-refractivity contribution is 0.0857. The van der Waals surface area contributed by atoms with Gasteiger partial charge in [-0.2, -0.15) is 0 Å². The molecule has 0 radical (unpaired) electrons. The molecule has 0 aromatic heterocycles. The molecule has 1 aromatic rings. The summed E-state index contributed by atoms with van der Waals surface area (Å²) in [5.74, 6) is 0. The van der Waals surface area contributed by atoms with Gasteiger partial charge in [-0.15, -0.1) is 0 Å². The number of nitrogens with one attached hydrogen (secondary N) is 1. The number of likely N-dealkylation sites (N-methyl/N-ethyl adjacent to an activating group) is 1. The Balaban J connectivity index is 2.78. The van der Waals surface area contributed by atoms with Gasteiger partial charge < -0.3 is 10.1 Å². The van der Waals surface area contributed by atoms with Crippen LogP contribution in [0.2, 0.25) is 10.0 Å². The normalized spacial score (nSPS) is 14.8. The molecule has 2 atom stereocenters. The molecular formula is C12H17Cl2NO. The Morgan fingerprint density at radius 2 is 2.06 bits per heavy atom. The summed E-state index contributed by atoms with van der Waals surface area (Å²) < 4.78 is 5.31. The summed E-state index contributed by atoms with van der Waals surface area (Å²) >= 11 is 12.0. The molecule has 0 bridgehead atoms. The van der Waals surface area contributed by atoms with Gasteiger partial charge in [0.2, 0.25) is 0 Å². The molecule has 2 unspecified atom stereocenters. The maximum absolute atomic E-state index is 6.13. The summed E-state index contributed by atoms with van der Waals surface area (Å²) in [6, 6.07) is 5.82. The van der Waals surface area contributed by atoms with Crippen molar-refractivity contribution in [3.63, 3.8) is 0 Å². The first-order valence-corrected chi connectivity index (χ1v) is 5.98. The van der Waals surface area contributed by atoms with Crippen molar-refractivity contribution in [2.75, 3.05) is 14.2 Å². The summed E-state index contributed by atoms with van der Waals surface area (Å²) in [6.07, 6.45) is 0.957. The number of hydrogen-bond donors (Lipinski definition) is 1. The van der Waals surface area contributed by atoms with Crippen LogP contribution in [0.4, 0.5) is 0 Å². The van der Waals surface area contributed by atoms with E-state index in [4.69, 9.17) is 27.9 Å². The van der Waals surface area contributed by atoms with E-state index in [2.05, 4.69) is 5.32 Å². The molecule has 0 fully saturated rings. The van der Waals surface area contributed by atoms with E-state index in [-0.39, 0.29) is 12.1 Å². The minimum absolute atomic E-state index is 0.136. The van der Waals surface area contributed by atoms with Gasteiger partial charge in [-0.1, -0.05) is 29.3 Å². The average Bonchev–Trinajstić information content (AvgIpc) is 2.27. The smallest absolute Gasteiger partial charge is 0.0699 e. The van der Waals surface area contributed by atoms with Crippen molar-refractivity contribution in [2.45, 2.75) is 25.5 Å². The third kappa shape index (κ3) is 3.63. The van der Waals surface area contributed by atoms with E-state index in [0.717, 1.165) is 12.0 Å². The van der Waals surface area contributed by atoms with Crippen molar-refractivity contribution >= 4 is 23.2 Å². The monoisotopic (exact) mass is 261 g/mol. The van der Waals surface area contributed by atoms with Crippen molar-refractivity contribution in [1.82, 2.24) is 5.32 Å². The molecule has 90 valence electrons. The Morgan fingerprint density at radius 1 is 1.38 bits per heavy atom. The van der Waals surface area contributed by atoms with Crippen molar-refractivity contribution in [3.8, 4) is 0 Å². The van der Waals surface area contributed by atoms with Gasteiger partial charge >= 0.3 is 0 Å². The van der Waals surface area contributed by atoms with E-state index in [1.54, 1.807) is 13.2 Å². The Kier molecular flexibility index (Phi) is 5.56. The number of hydrogen-bond acceptors (Lipinski definition) is 2. The molecule has 0 saturated heterocycles. The summed E-state index contributed by atoms with van der Waals surface area (Å²) in [5, 5.41) is 4.59. The number of halogens is 2. The van der Waals surface area contributed by atoms with Crippen LogP contribution in [-0.2, 0) is 11.2 Å². The molecule has 0 aliphatic rings. The highest BCUT2D eigenvalue weighted by molar-refractivity contribution is 6.35. The topological polar surface area (TPSA) is 21.3 Å². The Hall–Kier alpha value is -0.280. The van der Waals surface area contributed by atoms with Gasteiger partial charge in [0.25, 0.3) is 0 Å². The fraction of sp³-hybridized carbons (Fsp3) is 0.500. The largest absolute Gasteiger partial charge is 0.380 e. The molecule has 0 amide bonds. The predicted octanol–water partition coefficient (Wildman–Crippen LogP) is 3.16. The second kappa shape index (κ2) is 6.45. The van der Waals surface area contributed by atoms with Crippen molar-refractivity contribution in [2.24, 2.45) is 0 Å². The van der Waals surface area contributed by atoms with Crippen molar-refractivity contribution in [1.29, 1.82) is 0 Å². The maximum Gasteiger partial charge on any atom is 0.0699 e. The molecule has 2 nitrogen and oxygen atoms in total. The molecule has 0 aliphatic heterocycles. The van der Waals surface area contributed by atoms with E-state index < -0.39 is 0 Å². The molecule has 1 aromatic carbocycles. The van der Waals surface area contributed by atoms with Crippen LogP contribution in [0.5, 0.6) is 0 Å². The van der Waals surface area contributed by atoms with Gasteiger partial charge in [-0.05, 0) is 38.1 Å². The molecule has 1 rings (SSSR count). The zero-order valence-corrected chi connectivity index (χ0v) is 11.3. The molecule has 0 saturated carbocycles. The van der Waals surface area contributed by atoms with Crippen LogP contribution < -0.4 is 5.32 Å². The second-order valence-electron chi connectivity index (χ2n) is 3.78. The SMILES string of the molecule is CNC(Cc1ccc(Cl)cc1Cl)C(C)OC. The first-order chi connectivity index (χ1) is 7.58. The fourth-order valence-electron chi connectivity index (χ4n) is 1.59. The van der Waals surface area contributed by atoms with Crippen LogP contribution in [0.15, 0.2) is 18.2 Å². The van der Waals surface area contributed by atoms with Gasteiger partial charge in [0, 0.05) is 23.2 Å². The number of benzene rings is 1. The third-order valence-corrected chi connectivity index (χ3v) is 3.35. The van der Waals surface area contributed by atoms with E-state index in [9.17, 15) is 0 Å². The minimum atomic E-state index is 0.136. The first kappa shape index (κ1) is 13.8. The van der Waals surface area contributed by atoms with E-state index >= 15 is 0 Å². The molecule has 0 aliphatic carbocycles. The van der Waals surface area contributed by atoms with Crippen LogP contribution in [0.1, 0.15) is 12.5 Å². The minimum Gasteiger partial charge on any atom is -0.380 e. The summed E-state index contributed by atoms with van der Waals surface area (Å²) in [7, 11) is 3.63. The highest BCUT2D eigenvalue weighted by Crippen LogP contribution is 2.22. The van der Waals surface area contributed by atoms with Crippen LogP contribution in [0.3, 0.4) is 0 Å². The second-order valence-corrected chi connectivity index (χ2v) is 4.62. The summed E-state index contributed by atoms with van der Waals surface area (Å²) in [6.45, 7) is 2.03. The third-order valence-electron chi connectivity index (χ3n) is 2.76. The van der Waals surface area contributed by atoms with Gasteiger partial charge in [-0.3, -0.25) is 0 Å². The Bertz CT molecular complexity index is 344. The van der Waals surface area contributed by atoms with Gasteiger partial charge in [-0.25, -0.2) is 0 Å². The van der Waals surface area contributed by atoms with Crippen LogP contribution in [0.25, 0.3) is 0 Å². The zero-order valence-electron chi connectivity index (χ0n) is 9.76. The van der Waals surface area contributed by atoms with E-state index in [1.165, 1.54) is 0 Å². The summed E-state index contributed by atoms with van der Waals surface area (Å²) in [4.78, 5) is 0. The van der Waals surface area contributed by atoms with Gasteiger partial charge in [0.15, 0.2) is 0 Å². The Labute approximate surface area is 107 Å². The zero-order chi connectivity index (χ0) is 12.1. The molecule has 4 heteroatoms. The van der Waals surface area contributed by atoms with Crippen LogP contribution in [-0.4, -0.2) is 26.3 Å². The molecular weight excluding hydrogens is 245 g/mol. The fourth-order valence-corrected chi connectivity index (χ4v) is 2.08. The van der Waals surface area contributed by atoms with Gasteiger partial charge in [0.05, 0.1) is 6.10 Å². The van der Waals surface area contributed by atoms with Crippen LogP contribution >= 0.6 is 23.2 Å².